The minimum Gasteiger partial charge on any atom is -0.437 e. The van der Waals surface area contributed by atoms with E-state index in [0.29, 0.717) is 13.0 Å². The number of amides is 1. The fourth-order valence-corrected chi connectivity index (χ4v) is 4.17. The van der Waals surface area contributed by atoms with Gasteiger partial charge in [0, 0.05) is 18.8 Å². The number of piperidine rings is 1. The third-order valence-electron chi connectivity index (χ3n) is 4.97. The van der Waals surface area contributed by atoms with E-state index in [1.54, 1.807) is 4.90 Å². The molecule has 2 saturated heterocycles. The number of pyridine rings is 1. The highest BCUT2D eigenvalue weighted by atomic mass is 35.5. The van der Waals surface area contributed by atoms with Crippen molar-refractivity contribution in [2.24, 2.45) is 0 Å². The molecule has 1 amide bonds. The summed E-state index contributed by atoms with van der Waals surface area (Å²) in [5.41, 5.74) is -1.35. The number of aromatic nitrogens is 1. The number of benzene rings is 1. The van der Waals surface area contributed by atoms with Gasteiger partial charge < -0.3 is 9.64 Å². The van der Waals surface area contributed by atoms with E-state index in [1.807, 2.05) is 0 Å². The molecule has 3 heterocycles. The van der Waals surface area contributed by atoms with Crippen molar-refractivity contribution in [1.82, 2.24) is 9.88 Å². The van der Waals surface area contributed by atoms with Crippen molar-refractivity contribution in [3.05, 3.63) is 46.9 Å². The van der Waals surface area contributed by atoms with Crippen LogP contribution in [0.4, 0.5) is 23.2 Å². The third-order valence-corrected chi connectivity index (χ3v) is 5.68. The van der Waals surface area contributed by atoms with Crippen LogP contribution in [-0.4, -0.2) is 33.5 Å². The molecular weight excluding hydrogens is 446 g/mol. The first kappa shape index (κ1) is 20.8. The number of fused-ring (bicyclic) bond motifs is 1. The van der Waals surface area contributed by atoms with Crippen LogP contribution in [0.2, 0.25) is 5.02 Å². The summed E-state index contributed by atoms with van der Waals surface area (Å²) in [7, 11) is 0. The Morgan fingerprint density at radius 2 is 2.03 bits per heavy atom. The maximum Gasteiger partial charge on any atom is 0.421 e. The number of halogens is 5. The summed E-state index contributed by atoms with van der Waals surface area (Å²) in [4.78, 5) is 19.2. The number of carbonyl (C=O) groups is 1. The highest BCUT2D eigenvalue weighted by Crippen LogP contribution is 2.41. The lowest BCUT2D eigenvalue weighted by Gasteiger charge is -2.27. The van der Waals surface area contributed by atoms with Crippen molar-refractivity contribution < 1.29 is 27.1 Å². The molecule has 4 rings (SSSR count). The van der Waals surface area contributed by atoms with Crippen LogP contribution < -0.4 is 9.64 Å². The van der Waals surface area contributed by atoms with Crippen molar-refractivity contribution in [1.29, 1.82) is 0 Å². The van der Waals surface area contributed by atoms with Crippen LogP contribution in [0, 0.1) is 5.82 Å². The zero-order valence-corrected chi connectivity index (χ0v) is 16.8. The Balaban J connectivity index is 1.73. The monoisotopic (exact) mass is 459 g/mol. The summed E-state index contributed by atoms with van der Waals surface area (Å²) < 4.78 is 59.7. The van der Waals surface area contributed by atoms with Gasteiger partial charge in [-0.2, -0.15) is 13.2 Å². The predicted molar refractivity (Wildman–Crippen MR) is 105 cm³/mol. The maximum atomic E-state index is 14.7. The summed E-state index contributed by atoms with van der Waals surface area (Å²) in [5.74, 6) is -2.25. The van der Waals surface area contributed by atoms with Crippen LogP contribution in [0.3, 0.4) is 0 Å². The topological polar surface area (TPSA) is 45.7 Å². The van der Waals surface area contributed by atoms with Crippen LogP contribution in [0.1, 0.15) is 24.8 Å². The maximum absolute atomic E-state index is 14.7. The van der Waals surface area contributed by atoms with Crippen molar-refractivity contribution >= 4 is 40.5 Å². The second-order valence-corrected chi connectivity index (χ2v) is 7.62. The lowest BCUT2D eigenvalue weighted by molar-refractivity contribution is -0.138. The second-order valence-electron chi connectivity index (χ2n) is 6.85. The smallest absolute Gasteiger partial charge is 0.421 e. The van der Waals surface area contributed by atoms with E-state index in [1.165, 1.54) is 0 Å². The Morgan fingerprint density at radius 1 is 1.27 bits per heavy atom. The first-order valence-corrected chi connectivity index (χ1v) is 9.81. The van der Waals surface area contributed by atoms with E-state index in [4.69, 9.17) is 28.6 Å². The van der Waals surface area contributed by atoms with Gasteiger partial charge in [-0.3, -0.25) is 9.69 Å². The van der Waals surface area contributed by atoms with Gasteiger partial charge in [0.25, 0.3) is 5.91 Å². The zero-order chi connectivity index (χ0) is 21.6. The second kappa shape index (κ2) is 7.66. The molecule has 0 aliphatic carbocycles. The fraction of sp³-hybridized carbons (Fsp3) is 0.316. The Kier molecular flexibility index (Phi) is 5.31. The highest BCUT2D eigenvalue weighted by Gasteiger charge is 2.45. The molecule has 5 nitrogen and oxygen atoms in total. The van der Waals surface area contributed by atoms with Crippen molar-refractivity contribution in [2.75, 3.05) is 11.4 Å². The van der Waals surface area contributed by atoms with E-state index in [-0.39, 0.29) is 27.5 Å². The zero-order valence-electron chi connectivity index (χ0n) is 15.2. The molecule has 0 bridgehead atoms. The van der Waals surface area contributed by atoms with Crippen LogP contribution in [-0.2, 0) is 11.0 Å². The molecule has 30 heavy (non-hydrogen) atoms. The summed E-state index contributed by atoms with van der Waals surface area (Å²) in [6.07, 6.45) is -1.29. The first-order valence-electron chi connectivity index (χ1n) is 9.02. The van der Waals surface area contributed by atoms with Crippen molar-refractivity contribution in [3.63, 3.8) is 0 Å². The van der Waals surface area contributed by atoms with E-state index < -0.39 is 29.5 Å². The van der Waals surface area contributed by atoms with Crippen molar-refractivity contribution in [2.45, 2.75) is 31.5 Å². The van der Waals surface area contributed by atoms with E-state index >= 15 is 0 Å². The van der Waals surface area contributed by atoms with Crippen molar-refractivity contribution in [3.8, 4) is 11.6 Å². The molecule has 2 aliphatic heterocycles. The molecule has 0 spiro atoms. The van der Waals surface area contributed by atoms with Crippen LogP contribution >= 0.6 is 23.8 Å². The van der Waals surface area contributed by atoms with E-state index in [2.05, 4.69) is 4.98 Å². The van der Waals surface area contributed by atoms with Gasteiger partial charge in [-0.1, -0.05) is 11.6 Å². The fourth-order valence-electron chi connectivity index (χ4n) is 3.57. The normalized spacial score (nSPS) is 19.3. The quantitative estimate of drug-likeness (QED) is 0.468. The number of hydrogen-bond acceptors (Lipinski definition) is 4. The highest BCUT2D eigenvalue weighted by molar-refractivity contribution is 7.80. The summed E-state index contributed by atoms with van der Waals surface area (Å²) in [6.45, 7) is 0.577. The Morgan fingerprint density at radius 3 is 2.73 bits per heavy atom. The molecule has 2 aliphatic rings. The van der Waals surface area contributed by atoms with Gasteiger partial charge in [0.15, 0.2) is 5.11 Å². The van der Waals surface area contributed by atoms with Gasteiger partial charge in [-0.15, -0.1) is 0 Å². The number of anilines is 1. The van der Waals surface area contributed by atoms with Gasteiger partial charge in [0.05, 0.1) is 10.7 Å². The summed E-state index contributed by atoms with van der Waals surface area (Å²) in [6, 6.07) is 3.38. The number of thiocarbonyl (C=S) groups is 1. The number of rotatable bonds is 3. The molecule has 1 atom stereocenters. The average Bonchev–Trinajstić information content (AvgIpc) is 2.95. The Hall–Kier alpha value is -2.46. The summed E-state index contributed by atoms with van der Waals surface area (Å²) >= 11 is 11.4. The molecule has 0 unspecified atom stereocenters. The first-order chi connectivity index (χ1) is 14.2. The van der Waals surface area contributed by atoms with Gasteiger partial charge in [-0.25, -0.2) is 9.37 Å². The molecule has 1 aromatic carbocycles. The lowest BCUT2D eigenvalue weighted by atomic mass is 10.0. The average molecular weight is 460 g/mol. The lowest BCUT2D eigenvalue weighted by Crippen LogP contribution is -2.38. The summed E-state index contributed by atoms with van der Waals surface area (Å²) in [5, 5.41) is -0.129. The molecule has 1 aromatic heterocycles. The molecular formula is C19H14ClF4N3O2S. The molecule has 158 valence electrons. The Bertz CT molecular complexity index is 1010. The molecule has 0 N–H and O–H groups in total. The van der Waals surface area contributed by atoms with Gasteiger partial charge in [-0.05, 0) is 49.7 Å². The number of hydrogen-bond donors (Lipinski definition) is 0. The number of carbonyl (C=O) groups excluding carboxylic acids is 1. The van der Waals surface area contributed by atoms with E-state index in [9.17, 15) is 22.4 Å². The van der Waals surface area contributed by atoms with Crippen LogP contribution in [0.15, 0.2) is 30.5 Å². The number of ether oxygens (including phenoxy) is 1. The minimum atomic E-state index is -4.71. The number of alkyl halides is 3. The number of nitrogens with zero attached hydrogens (tertiary/aromatic N) is 3. The van der Waals surface area contributed by atoms with Gasteiger partial charge >= 0.3 is 6.18 Å². The van der Waals surface area contributed by atoms with Crippen LogP contribution in [0.5, 0.6) is 11.6 Å². The predicted octanol–water partition coefficient (Wildman–Crippen LogP) is 5.17. The van der Waals surface area contributed by atoms with Gasteiger partial charge in [0.1, 0.15) is 23.2 Å². The molecule has 2 fully saturated rings. The van der Waals surface area contributed by atoms with Gasteiger partial charge in [0.2, 0.25) is 5.88 Å². The molecule has 2 aromatic rings. The third kappa shape index (κ3) is 3.58. The molecule has 0 saturated carbocycles. The standard InChI is InChI=1S/C19H14ClF4N3O2S/c20-11-8-12(21)14(27-17(28)13-5-1-2-7-26(13)18(27)30)9-15(11)29-16-10(19(22,23)24)4-3-6-25-16/h3-4,6,8-9,13H,1-2,5,7H2/t13-/m0/s1. The minimum absolute atomic E-state index is 0.144. The largest absolute Gasteiger partial charge is 0.437 e. The van der Waals surface area contributed by atoms with E-state index in [0.717, 1.165) is 48.2 Å². The molecule has 0 radical (unpaired) electrons. The SMILES string of the molecule is O=C1[C@@H]2CCCCN2C(=S)N1c1cc(Oc2ncccc2C(F)(F)F)c(Cl)cc1F. The molecule has 11 heteroatoms. The Labute approximate surface area is 179 Å². The van der Waals surface area contributed by atoms with Crippen LogP contribution in [0.25, 0.3) is 0 Å².